The Morgan fingerprint density at radius 1 is 1.09 bits per heavy atom. The van der Waals surface area contributed by atoms with Crippen molar-refractivity contribution in [2.24, 2.45) is 17.8 Å². The van der Waals surface area contributed by atoms with E-state index in [0.717, 1.165) is 0 Å². The van der Waals surface area contributed by atoms with E-state index in [-0.39, 0.29) is 35.2 Å². The van der Waals surface area contributed by atoms with E-state index in [4.69, 9.17) is 4.74 Å². The zero-order chi connectivity index (χ0) is 22.9. The molecule has 5 rings (SSSR count). The topological polar surface area (TPSA) is 121 Å². The third-order valence-electron chi connectivity index (χ3n) is 7.09. The van der Waals surface area contributed by atoms with Gasteiger partial charge in [0.15, 0.2) is 11.6 Å². The Kier molecular flexibility index (Phi) is 4.46. The summed E-state index contributed by atoms with van der Waals surface area (Å²) in [7, 11) is 1.47. The molecule has 4 atom stereocenters. The summed E-state index contributed by atoms with van der Waals surface area (Å²) in [6, 6.07) is 4.73. The van der Waals surface area contributed by atoms with Crippen LogP contribution < -0.4 is 4.74 Å². The van der Waals surface area contributed by atoms with Gasteiger partial charge in [-0.1, -0.05) is 17.7 Å². The van der Waals surface area contributed by atoms with Crippen molar-refractivity contribution in [1.29, 1.82) is 0 Å². The van der Waals surface area contributed by atoms with Gasteiger partial charge in [-0.2, -0.15) is 5.06 Å². The third kappa shape index (κ3) is 2.65. The maximum atomic E-state index is 13.2. The first-order valence-corrected chi connectivity index (χ1v) is 10.4. The number of fused-ring (bicyclic) bond motifs is 3. The number of ketones is 2. The summed E-state index contributed by atoms with van der Waals surface area (Å²) in [5, 5.41) is 20.9. The summed E-state index contributed by atoms with van der Waals surface area (Å²) in [6.45, 7) is 1.58. The van der Waals surface area contributed by atoms with Crippen molar-refractivity contribution >= 4 is 23.4 Å². The molecule has 4 aliphatic rings. The summed E-state index contributed by atoms with van der Waals surface area (Å²) in [4.78, 5) is 51.2. The molecule has 0 bridgehead atoms. The van der Waals surface area contributed by atoms with E-state index in [1.807, 2.05) is 6.08 Å². The summed E-state index contributed by atoms with van der Waals surface area (Å²) >= 11 is 0. The number of imide groups is 1. The normalized spacial score (nSPS) is 29.4. The molecule has 1 aromatic carbocycles. The quantitative estimate of drug-likeness (QED) is 0.316. The molecule has 164 valence electrons. The van der Waals surface area contributed by atoms with Crippen molar-refractivity contribution in [1.82, 2.24) is 5.06 Å². The van der Waals surface area contributed by atoms with Crippen LogP contribution in [0.15, 0.2) is 52.6 Å². The standard InChI is InChI=1S/C24H21NO7/c1-10-7-17(26)16-9-15-12(5-6-14-20(15)24(30)25(31)23(14)29)19(21(16)22(10)28)13-4-3-11(32-2)8-18(13)27/h3-5,7-8,14-15,19-20,27,31H,6,9H2,1-2H3. The Balaban J connectivity index is 1.72. The van der Waals surface area contributed by atoms with E-state index < -0.39 is 35.5 Å². The van der Waals surface area contributed by atoms with Crippen LogP contribution in [0.5, 0.6) is 11.5 Å². The maximum Gasteiger partial charge on any atom is 0.257 e. The van der Waals surface area contributed by atoms with Crippen LogP contribution in [0.2, 0.25) is 0 Å². The molecule has 0 spiro atoms. The number of methoxy groups -OCH3 is 1. The third-order valence-corrected chi connectivity index (χ3v) is 7.09. The van der Waals surface area contributed by atoms with Gasteiger partial charge in [-0.15, -0.1) is 0 Å². The smallest absolute Gasteiger partial charge is 0.257 e. The average molecular weight is 435 g/mol. The molecule has 32 heavy (non-hydrogen) atoms. The molecule has 8 nitrogen and oxygen atoms in total. The Labute approximate surface area is 183 Å². The lowest BCUT2D eigenvalue weighted by Crippen LogP contribution is -2.39. The fourth-order valence-electron chi connectivity index (χ4n) is 5.59. The molecule has 0 saturated carbocycles. The van der Waals surface area contributed by atoms with Crippen LogP contribution in [0.4, 0.5) is 0 Å². The molecule has 2 amide bonds. The van der Waals surface area contributed by atoms with Gasteiger partial charge < -0.3 is 9.84 Å². The van der Waals surface area contributed by atoms with Crippen molar-refractivity contribution in [3.8, 4) is 11.5 Å². The minimum absolute atomic E-state index is 0.102. The predicted octanol–water partition coefficient (Wildman–Crippen LogP) is 2.22. The van der Waals surface area contributed by atoms with E-state index in [1.165, 1.54) is 19.3 Å². The van der Waals surface area contributed by atoms with Crippen LogP contribution in [0.3, 0.4) is 0 Å². The van der Waals surface area contributed by atoms with Gasteiger partial charge in [-0.3, -0.25) is 24.4 Å². The van der Waals surface area contributed by atoms with E-state index in [0.29, 0.717) is 33.6 Å². The van der Waals surface area contributed by atoms with Crippen molar-refractivity contribution in [3.05, 3.63) is 58.2 Å². The predicted molar refractivity (Wildman–Crippen MR) is 110 cm³/mol. The van der Waals surface area contributed by atoms with Crippen LogP contribution in [0.1, 0.15) is 31.2 Å². The molecule has 0 radical (unpaired) electrons. The molecular formula is C24H21NO7. The summed E-state index contributed by atoms with van der Waals surface area (Å²) in [5.74, 6) is -4.43. The monoisotopic (exact) mass is 435 g/mol. The first-order valence-electron chi connectivity index (χ1n) is 10.4. The number of benzene rings is 1. The van der Waals surface area contributed by atoms with Gasteiger partial charge in [0, 0.05) is 34.3 Å². The van der Waals surface area contributed by atoms with Crippen molar-refractivity contribution in [2.75, 3.05) is 7.11 Å². The molecule has 2 N–H and O–H groups in total. The van der Waals surface area contributed by atoms with Gasteiger partial charge in [0.1, 0.15) is 11.5 Å². The molecule has 4 unspecified atom stereocenters. The number of hydroxylamine groups is 2. The molecule has 8 heteroatoms. The van der Waals surface area contributed by atoms with Crippen LogP contribution in [-0.2, 0) is 19.2 Å². The number of phenolic OH excluding ortho intramolecular Hbond substituents is 1. The first kappa shape index (κ1) is 20.4. The molecule has 1 heterocycles. The maximum absolute atomic E-state index is 13.2. The van der Waals surface area contributed by atoms with Gasteiger partial charge in [-0.25, -0.2) is 0 Å². The van der Waals surface area contributed by atoms with Gasteiger partial charge in [0.25, 0.3) is 11.8 Å². The van der Waals surface area contributed by atoms with Gasteiger partial charge in [-0.05, 0) is 37.8 Å². The fraction of sp³-hybridized carbons (Fsp3) is 0.333. The van der Waals surface area contributed by atoms with Crippen molar-refractivity contribution < 1.29 is 34.2 Å². The van der Waals surface area contributed by atoms with E-state index in [1.54, 1.807) is 19.1 Å². The van der Waals surface area contributed by atoms with E-state index in [9.17, 15) is 29.5 Å². The lowest BCUT2D eigenvalue weighted by molar-refractivity contribution is -0.173. The Morgan fingerprint density at radius 3 is 2.53 bits per heavy atom. The number of carbonyl (C=O) groups excluding carboxylic acids is 4. The highest BCUT2D eigenvalue weighted by atomic mass is 16.5. The van der Waals surface area contributed by atoms with Crippen LogP contribution in [0.25, 0.3) is 0 Å². The summed E-state index contributed by atoms with van der Waals surface area (Å²) in [6.07, 6.45) is 3.46. The molecule has 0 aromatic heterocycles. The van der Waals surface area contributed by atoms with Gasteiger partial charge in [0.2, 0.25) is 0 Å². The second-order valence-electron chi connectivity index (χ2n) is 8.64. The minimum Gasteiger partial charge on any atom is -0.507 e. The fourth-order valence-corrected chi connectivity index (χ4v) is 5.59. The average Bonchev–Trinajstić information content (AvgIpc) is 3.00. The molecule has 1 aliphatic heterocycles. The highest BCUT2D eigenvalue weighted by Gasteiger charge is 2.56. The second-order valence-corrected chi connectivity index (χ2v) is 8.64. The number of nitrogens with zero attached hydrogens (tertiary/aromatic N) is 1. The highest BCUT2D eigenvalue weighted by Crippen LogP contribution is 2.56. The Bertz CT molecular complexity index is 1200. The SMILES string of the molecule is COc1ccc(C2C3=CCC4C(=O)N(O)C(=O)C4C3CC3=C2C(=O)C(C)=CC3=O)c(O)c1. The summed E-state index contributed by atoms with van der Waals surface area (Å²) < 4.78 is 5.17. The van der Waals surface area contributed by atoms with Crippen molar-refractivity contribution in [2.45, 2.75) is 25.7 Å². The largest absolute Gasteiger partial charge is 0.507 e. The number of phenols is 1. The lowest BCUT2D eigenvalue weighted by Gasteiger charge is -2.42. The Hall–Kier alpha value is -3.52. The van der Waals surface area contributed by atoms with Crippen LogP contribution >= 0.6 is 0 Å². The Morgan fingerprint density at radius 2 is 1.84 bits per heavy atom. The first-order chi connectivity index (χ1) is 15.2. The molecule has 1 aromatic rings. The summed E-state index contributed by atoms with van der Waals surface area (Å²) in [5.41, 5.74) is 2.03. The van der Waals surface area contributed by atoms with Crippen LogP contribution in [0, 0.1) is 17.8 Å². The second kappa shape index (κ2) is 7.00. The number of allylic oxidation sites excluding steroid dienone is 6. The lowest BCUT2D eigenvalue weighted by atomic mass is 9.59. The zero-order valence-corrected chi connectivity index (χ0v) is 17.5. The number of amides is 2. The molecule has 3 aliphatic carbocycles. The number of rotatable bonds is 2. The highest BCUT2D eigenvalue weighted by molar-refractivity contribution is 6.23. The van der Waals surface area contributed by atoms with E-state index in [2.05, 4.69) is 0 Å². The van der Waals surface area contributed by atoms with Crippen molar-refractivity contribution in [3.63, 3.8) is 0 Å². The number of aromatic hydroxyl groups is 1. The minimum atomic E-state index is -0.820. The number of hydrogen-bond acceptors (Lipinski definition) is 7. The van der Waals surface area contributed by atoms with Crippen LogP contribution in [-0.4, -0.2) is 45.9 Å². The van der Waals surface area contributed by atoms with E-state index >= 15 is 0 Å². The molecular weight excluding hydrogens is 414 g/mol. The molecule has 1 fully saturated rings. The van der Waals surface area contributed by atoms with Gasteiger partial charge >= 0.3 is 0 Å². The number of Topliss-reactive ketones (excluding diaryl/α,β-unsaturated/α-hetero) is 1. The van der Waals surface area contributed by atoms with Gasteiger partial charge in [0.05, 0.1) is 18.9 Å². The number of carbonyl (C=O) groups is 4. The number of ether oxygens (including phenoxy) is 1. The number of hydrogen-bond donors (Lipinski definition) is 2. The zero-order valence-electron chi connectivity index (χ0n) is 17.5. The molecule has 1 saturated heterocycles.